The number of nitrogens with one attached hydrogen (secondary N) is 1. The molecule has 21 heavy (non-hydrogen) atoms. The standard InChI is InChI=1S/C17H17N3O/c1-10(2)15-9-16(21)20-17(19-15)13-6-7-14-12(8-13)5-4-11(3)18-14/h4-10H,1-3H3,(H,19,20,21). The highest BCUT2D eigenvalue weighted by atomic mass is 16.1. The molecule has 0 amide bonds. The summed E-state index contributed by atoms with van der Waals surface area (Å²) in [5.74, 6) is 0.824. The number of pyridine rings is 1. The van der Waals surface area contributed by atoms with Crippen LogP contribution in [0.25, 0.3) is 22.3 Å². The monoisotopic (exact) mass is 279 g/mol. The molecule has 1 aromatic carbocycles. The summed E-state index contributed by atoms with van der Waals surface area (Å²) in [4.78, 5) is 23.6. The minimum absolute atomic E-state index is 0.120. The van der Waals surface area contributed by atoms with Gasteiger partial charge in [0.2, 0.25) is 0 Å². The summed E-state index contributed by atoms with van der Waals surface area (Å²) in [5, 5.41) is 1.04. The van der Waals surface area contributed by atoms with Gasteiger partial charge in [-0.1, -0.05) is 19.9 Å². The number of aryl methyl sites for hydroxylation is 1. The van der Waals surface area contributed by atoms with Crippen LogP contribution in [0.4, 0.5) is 0 Å². The Morgan fingerprint density at radius 2 is 1.86 bits per heavy atom. The summed E-state index contributed by atoms with van der Waals surface area (Å²) in [6.45, 7) is 6.02. The maximum Gasteiger partial charge on any atom is 0.251 e. The molecule has 2 aromatic heterocycles. The van der Waals surface area contributed by atoms with Gasteiger partial charge < -0.3 is 4.98 Å². The van der Waals surface area contributed by atoms with Crippen molar-refractivity contribution in [3.8, 4) is 11.4 Å². The molecule has 0 radical (unpaired) electrons. The van der Waals surface area contributed by atoms with E-state index < -0.39 is 0 Å². The molecule has 0 aliphatic heterocycles. The second-order valence-electron chi connectivity index (χ2n) is 5.53. The minimum Gasteiger partial charge on any atom is -0.307 e. The quantitative estimate of drug-likeness (QED) is 0.782. The van der Waals surface area contributed by atoms with E-state index in [4.69, 9.17) is 0 Å². The van der Waals surface area contributed by atoms with Crippen molar-refractivity contribution >= 4 is 10.9 Å². The van der Waals surface area contributed by atoms with E-state index in [0.29, 0.717) is 5.82 Å². The largest absolute Gasteiger partial charge is 0.307 e. The van der Waals surface area contributed by atoms with E-state index in [1.54, 1.807) is 6.07 Å². The van der Waals surface area contributed by atoms with Crippen molar-refractivity contribution in [2.24, 2.45) is 0 Å². The second kappa shape index (κ2) is 5.13. The number of benzene rings is 1. The van der Waals surface area contributed by atoms with Crippen molar-refractivity contribution in [1.29, 1.82) is 0 Å². The molecule has 0 saturated heterocycles. The molecule has 4 heteroatoms. The van der Waals surface area contributed by atoms with E-state index in [-0.39, 0.29) is 11.5 Å². The molecule has 3 rings (SSSR count). The Kier molecular flexibility index (Phi) is 3.29. The van der Waals surface area contributed by atoms with Gasteiger partial charge in [0.1, 0.15) is 5.82 Å². The van der Waals surface area contributed by atoms with Crippen LogP contribution >= 0.6 is 0 Å². The minimum atomic E-state index is -0.120. The topological polar surface area (TPSA) is 58.6 Å². The molecule has 0 saturated carbocycles. The first-order valence-electron chi connectivity index (χ1n) is 7.02. The molecule has 0 spiro atoms. The highest BCUT2D eigenvalue weighted by molar-refractivity contribution is 5.83. The third-order valence-electron chi connectivity index (χ3n) is 3.45. The van der Waals surface area contributed by atoms with Crippen LogP contribution in [0.3, 0.4) is 0 Å². The van der Waals surface area contributed by atoms with Crippen LogP contribution < -0.4 is 5.56 Å². The molecule has 0 atom stereocenters. The van der Waals surface area contributed by atoms with E-state index in [1.807, 2.05) is 51.1 Å². The molecular weight excluding hydrogens is 262 g/mol. The second-order valence-corrected chi connectivity index (χ2v) is 5.53. The first-order chi connectivity index (χ1) is 10.0. The van der Waals surface area contributed by atoms with Gasteiger partial charge in [-0.3, -0.25) is 9.78 Å². The smallest absolute Gasteiger partial charge is 0.251 e. The van der Waals surface area contributed by atoms with Crippen molar-refractivity contribution in [2.45, 2.75) is 26.7 Å². The number of nitrogens with zero attached hydrogens (tertiary/aromatic N) is 2. The molecule has 4 nitrogen and oxygen atoms in total. The van der Waals surface area contributed by atoms with Crippen molar-refractivity contribution in [2.75, 3.05) is 0 Å². The van der Waals surface area contributed by atoms with Crippen molar-refractivity contribution < 1.29 is 0 Å². The lowest BCUT2D eigenvalue weighted by Gasteiger charge is -2.08. The van der Waals surface area contributed by atoms with E-state index in [9.17, 15) is 4.79 Å². The van der Waals surface area contributed by atoms with Crippen LogP contribution in [0.15, 0.2) is 41.2 Å². The number of aromatic nitrogens is 3. The number of rotatable bonds is 2. The van der Waals surface area contributed by atoms with Gasteiger partial charge in [0.05, 0.1) is 11.2 Å². The summed E-state index contributed by atoms with van der Waals surface area (Å²) in [6.07, 6.45) is 0. The Labute approximate surface area is 122 Å². The normalized spacial score (nSPS) is 11.2. The molecule has 0 fully saturated rings. The van der Waals surface area contributed by atoms with Crippen molar-refractivity contribution in [3.05, 3.63) is 58.1 Å². The van der Waals surface area contributed by atoms with E-state index in [1.165, 1.54) is 0 Å². The molecule has 1 N–H and O–H groups in total. The average Bonchev–Trinajstić information content (AvgIpc) is 2.46. The first kappa shape index (κ1) is 13.5. The summed E-state index contributed by atoms with van der Waals surface area (Å²) in [5.41, 5.74) is 3.51. The van der Waals surface area contributed by atoms with E-state index >= 15 is 0 Å². The Morgan fingerprint density at radius 3 is 2.62 bits per heavy atom. The van der Waals surface area contributed by atoms with Crippen LogP contribution in [0.5, 0.6) is 0 Å². The van der Waals surface area contributed by atoms with E-state index in [2.05, 4.69) is 15.0 Å². The van der Waals surface area contributed by atoms with Gasteiger partial charge >= 0.3 is 0 Å². The van der Waals surface area contributed by atoms with Crippen molar-refractivity contribution in [1.82, 2.24) is 15.0 Å². The van der Waals surface area contributed by atoms with Gasteiger partial charge in [0.25, 0.3) is 5.56 Å². The summed E-state index contributed by atoms with van der Waals surface area (Å²) in [6, 6.07) is 11.5. The fourth-order valence-electron chi connectivity index (χ4n) is 2.28. The lowest BCUT2D eigenvalue weighted by Crippen LogP contribution is -2.11. The van der Waals surface area contributed by atoms with Gasteiger partial charge in [-0.25, -0.2) is 4.98 Å². The van der Waals surface area contributed by atoms with Crippen LogP contribution in [0, 0.1) is 6.92 Å². The van der Waals surface area contributed by atoms with Gasteiger partial charge in [-0.15, -0.1) is 0 Å². The first-order valence-corrected chi connectivity index (χ1v) is 7.02. The Hall–Kier alpha value is -2.49. The Morgan fingerprint density at radius 1 is 1.05 bits per heavy atom. The zero-order valence-electron chi connectivity index (χ0n) is 12.3. The SMILES string of the molecule is Cc1ccc2cc(-c3nc(C(C)C)cc(=O)[nH]3)ccc2n1. The fraction of sp³-hybridized carbons (Fsp3) is 0.235. The molecule has 3 aromatic rings. The van der Waals surface area contributed by atoms with Crippen LogP contribution in [-0.2, 0) is 0 Å². The molecule has 0 aliphatic carbocycles. The number of hydrogen-bond acceptors (Lipinski definition) is 3. The summed E-state index contributed by atoms with van der Waals surface area (Å²) in [7, 11) is 0. The zero-order valence-corrected chi connectivity index (χ0v) is 12.3. The third-order valence-corrected chi connectivity index (χ3v) is 3.45. The van der Waals surface area contributed by atoms with Crippen LogP contribution in [0.1, 0.15) is 31.2 Å². The van der Waals surface area contributed by atoms with Crippen LogP contribution in [0.2, 0.25) is 0 Å². The number of hydrogen-bond donors (Lipinski definition) is 1. The predicted octanol–water partition coefficient (Wildman–Crippen LogP) is 3.42. The molecule has 106 valence electrons. The molecule has 0 unspecified atom stereocenters. The third kappa shape index (κ3) is 2.70. The Bertz CT molecular complexity index is 865. The summed E-state index contributed by atoms with van der Waals surface area (Å²) < 4.78 is 0. The number of H-pyrrole nitrogens is 1. The number of fused-ring (bicyclic) bond motifs is 1. The maximum atomic E-state index is 11.8. The van der Waals surface area contributed by atoms with Gasteiger partial charge in [0, 0.05) is 22.7 Å². The highest BCUT2D eigenvalue weighted by Gasteiger charge is 2.08. The average molecular weight is 279 g/mol. The maximum absolute atomic E-state index is 11.8. The predicted molar refractivity (Wildman–Crippen MR) is 84.4 cm³/mol. The molecule has 0 bridgehead atoms. The van der Waals surface area contributed by atoms with Gasteiger partial charge in [0.15, 0.2) is 0 Å². The highest BCUT2D eigenvalue weighted by Crippen LogP contribution is 2.21. The van der Waals surface area contributed by atoms with E-state index in [0.717, 1.165) is 27.9 Å². The van der Waals surface area contributed by atoms with Gasteiger partial charge in [-0.2, -0.15) is 0 Å². The van der Waals surface area contributed by atoms with Crippen LogP contribution in [-0.4, -0.2) is 15.0 Å². The Balaban J connectivity index is 2.16. The molecule has 0 aliphatic rings. The lowest BCUT2D eigenvalue weighted by molar-refractivity contribution is 0.812. The zero-order chi connectivity index (χ0) is 15.0. The number of aromatic amines is 1. The molecular formula is C17H17N3O. The molecule has 2 heterocycles. The van der Waals surface area contributed by atoms with Crippen molar-refractivity contribution in [3.63, 3.8) is 0 Å². The van der Waals surface area contributed by atoms with Gasteiger partial charge in [-0.05, 0) is 37.1 Å². The fourth-order valence-corrected chi connectivity index (χ4v) is 2.28. The lowest BCUT2D eigenvalue weighted by atomic mass is 10.1. The summed E-state index contributed by atoms with van der Waals surface area (Å²) >= 11 is 0.